The van der Waals surface area contributed by atoms with Gasteiger partial charge in [0.25, 0.3) is 0 Å². The molecule has 1 N–H and O–H groups in total. The number of rotatable bonds is 4. The highest BCUT2D eigenvalue weighted by atomic mass is 16.1. The predicted octanol–water partition coefficient (Wildman–Crippen LogP) is 0.821. The molecule has 1 saturated carbocycles. The largest absolute Gasteiger partial charge is 0.313 e. The Hall–Kier alpha value is -0.370. The third-order valence-electron chi connectivity index (χ3n) is 2.14. The van der Waals surface area contributed by atoms with E-state index in [9.17, 15) is 4.79 Å². The lowest BCUT2D eigenvalue weighted by atomic mass is 10.2. The van der Waals surface area contributed by atoms with Crippen molar-refractivity contribution < 1.29 is 4.79 Å². The average Bonchev–Trinajstić information content (AvgIpc) is 2.47. The third-order valence-corrected chi connectivity index (χ3v) is 2.14. The number of likely N-dealkylation sites (N-methyl/N-ethyl adjacent to an activating group) is 1. The molecule has 2 unspecified atom stereocenters. The first-order valence-corrected chi connectivity index (χ1v) is 3.90. The monoisotopic (exact) mass is 141 g/mol. The summed E-state index contributed by atoms with van der Waals surface area (Å²) < 4.78 is 0. The molecule has 2 heteroatoms. The van der Waals surface area contributed by atoms with Gasteiger partial charge in [0.1, 0.15) is 5.78 Å². The van der Waals surface area contributed by atoms with Crippen LogP contribution in [0.5, 0.6) is 0 Å². The molecule has 0 aromatic rings. The van der Waals surface area contributed by atoms with Gasteiger partial charge < -0.3 is 5.32 Å². The molecule has 58 valence electrons. The van der Waals surface area contributed by atoms with Gasteiger partial charge in [-0.05, 0) is 25.3 Å². The average molecular weight is 141 g/mol. The molecule has 2 atom stereocenters. The SMILES string of the molecule is CNCC(=O)CC1CC1C. The van der Waals surface area contributed by atoms with Crippen LogP contribution in [0.2, 0.25) is 0 Å². The lowest BCUT2D eigenvalue weighted by Gasteiger charge is -1.96. The van der Waals surface area contributed by atoms with E-state index in [2.05, 4.69) is 12.2 Å². The van der Waals surface area contributed by atoms with E-state index < -0.39 is 0 Å². The van der Waals surface area contributed by atoms with Gasteiger partial charge in [-0.2, -0.15) is 0 Å². The number of carbonyl (C=O) groups excluding carboxylic acids is 1. The van der Waals surface area contributed by atoms with Crippen LogP contribution in [0.4, 0.5) is 0 Å². The van der Waals surface area contributed by atoms with Gasteiger partial charge in [0.15, 0.2) is 0 Å². The molecule has 0 aromatic carbocycles. The van der Waals surface area contributed by atoms with Crippen LogP contribution in [0.25, 0.3) is 0 Å². The van der Waals surface area contributed by atoms with E-state index in [-0.39, 0.29) is 0 Å². The lowest BCUT2D eigenvalue weighted by molar-refractivity contribution is -0.118. The van der Waals surface area contributed by atoms with Gasteiger partial charge in [-0.3, -0.25) is 4.79 Å². The van der Waals surface area contributed by atoms with Crippen molar-refractivity contribution in [2.24, 2.45) is 11.8 Å². The zero-order valence-electron chi connectivity index (χ0n) is 6.68. The number of Topliss-reactive ketones (excluding diaryl/α,β-unsaturated/α-hetero) is 1. The summed E-state index contributed by atoms with van der Waals surface area (Å²) in [6.45, 7) is 2.75. The third kappa shape index (κ3) is 2.10. The molecular weight excluding hydrogens is 126 g/mol. The molecule has 0 saturated heterocycles. The molecule has 1 aliphatic carbocycles. The van der Waals surface area contributed by atoms with Crippen molar-refractivity contribution in [3.8, 4) is 0 Å². The summed E-state index contributed by atoms with van der Waals surface area (Å²) >= 11 is 0. The summed E-state index contributed by atoms with van der Waals surface area (Å²) in [7, 11) is 1.81. The minimum absolute atomic E-state index is 0.358. The Balaban J connectivity index is 2.07. The first kappa shape index (κ1) is 7.73. The maximum absolute atomic E-state index is 11.0. The molecule has 0 aromatic heterocycles. The van der Waals surface area contributed by atoms with Crippen molar-refractivity contribution in [2.75, 3.05) is 13.6 Å². The van der Waals surface area contributed by atoms with E-state index >= 15 is 0 Å². The summed E-state index contributed by atoms with van der Waals surface area (Å²) in [5.41, 5.74) is 0. The molecule has 0 aliphatic heterocycles. The molecule has 0 spiro atoms. The van der Waals surface area contributed by atoms with Crippen molar-refractivity contribution in [2.45, 2.75) is 19.8 Å². The van der Waals surface area contributed by atoms with Gasteiger partial charge in [-0.15, -0.1) is 0 Å². The Morgan fingerprint density at radius 3 is 2.70 bits per heavy atom. The van der Waals surface area contributed by atoms with Gasteiger partial charge in [-0.1, -0.05) is 6.92 Å². The maximum Gasteiger partial charge on any atom is 0.146 e. The van der Waals surface area contributed by atoms with Crippen molar-refractivity contribution in [3.05, 3.63) is 0 Å². The highest BCUT2D eigenvalue weighted by molar-refractivity contribution is 5.80. The van der Waals surface area contributed by atoms with Crippen LogP contribution in [0.15, 0.2) is 0 Å². The lowest BCUT2D eigenvalue weighted by Crippen LogP contribution is -2.18. The topological polar surface area (TPSA) is 29.1 Å². The van der Waals surface area contributed by atoms with E-state index in [1.807, 2.05) is 7.05 Å². The highest BCUT2D eigenvalue weighted by Gasteiger charge is 2.33. The van der Waals surface area contributed by atoms with Gasteiger partial charge in [0.05, 0.1) is 6.54 Å². The van der Waals surface area contributed by atoms with E-state index in [0.29, 0.717) is 18.2 Å². The van der Waals surface area contributed by atoms with Crippen LogP contribution >= 0.6 is 0 Å². The van der Waals surface area contributed by atoms with Gasteiger partial charge in [0.2, 0.25) is 0 Å². The first-order valence-electron chi connectivity index (χ1n) is 3.90. The zero-order valence-corrected chi connectivity index (χ0v) is 6.68. The Kier molecular flexibility index (Phi) is 2.44. The molecule has 0 amide bonds. The van der Waals surface area contributed by atoms with Gasteiger partial charge >= 0.3 is 0 Å². The molecule has 2 nitrogen and oxygen atoms in total. The second kappa shape index (κ2) is 3.15. The van der Waals surface area contributed by atoms with Gasteiger partial charge in [0, 0.05) is 6.42 Å². The fraction of sp³-hybridized carbons (Fsp3) is 0.875. The molecule has 10 heavy (non-hydrogen) atoms. The van der Waals surface area contributed by atoms with Crippen molar-refractivity contribution in [3.63, 3.8) is 0 Å². The zero-order chi connectivity index (χ0) is 7.56. The smallest absolute Gasteiger partial charge is 0.146 e. The maximum atomic E-state index is 11.0. The first-order chi connectivity index (χ1) is 4.74. The van der Waals surface area contributed by atoms with Crippen molar-refractivity contribution in [1.29, 1.82) is 0 Å². The van der Waals surface area contributed by atoms with Crippen LogP contribution in [0, 0.1) is 11.8 Å². The van der Waals surface area contributed by atoms with Crippen LogP contribution in [0.3, 0.4) is 0 Å². The molecule has 1 rings (SSSR count). The normalized spacial score (nSPS) is 30.2. The van der Waals surface area contributed by atoms with Crippen molar-refractivity contribution in [1.82, 2.24) is 5.32 Å². The molecule has 0 bridgehead atoms. The number of hydrogen-bond donors (Lipinski definition) is 1. The number of ketones is 1. The van der Waals surface area contributed by atoms with Crippen LogP contribution < -0.4 is 5.32 Å². The number of nitrogens with one attached hydrogen (secondary N) is 1. The fourth-order valence-electron chi connectivity index (χ4n) is 1.25. The summed E-state index contributed by atoms with van der Waals surface area (Å²) in [5, 5.41) is 2.87. The summed E-state index contributed by atoms with van der Waals surface area (Å²) in [6.07, 6.45) is 2.05. The minimum Gasteiger partial charge on any atom is -0.313 e. The fourth-order valence-corrected chi connectivity index (χ4v) is 1.25. The molecule has 0 heterocycles. The van der Waals surface area contributed by atoms with Gasteiger partial charge in [-0.25, -0.2) is 0 Å². The van der Waals surface area contributed by atoms with Crippen LogP contribution in [-0.2, 0) is 4.79 Å². The minimum atomic E-state index is 0.358. The van der Waals surface area contributed by atoms with E-state index in [1.165, 1.54) is 6.42 Å². The highest BCUT2D eigenvalue weighted by Crippen LogP contribution is 2.40. The Morgan fingerprint density at radius 2 is 2.30 bits per heavy atom. The van der Waals surface area contributed by atoms with Crippen molar-refractivity contribution >= 4 is 5.78 Å². The summed E-state index contributed by atoms with van der Waals surface area (Å²) in [6, 6.07) is 0. The molecule has 1 fully saturated rings. The van der Waals surface area contributed by atoms with Crippen LogP contribution in [-0.4, -0.2) is 19.4 Å². The predicted molar refractivity (Wildman–Crippen MR) is 40.8 cm³/mol. The Bertz CT molecular complexity index is 133. The second-order valence-electron chi connectivity index (χ2n) is 3.25. The van der Waals surface area contributed by atoms with E-state index in [1.54, 1.807) is 0 Å². The Morgan fingerprint density at radius 1 is 1.70 bits per heavy atom. The standard InChI is InChI=1S/C8H15NO/c1-6-3-7(6)4-8(10)5-9-2/h6-7,9H,3-5H2,1-2H3. The summed E-state index contributed by atoms with van der Waals surface area (Å²) in [5.74, 6) is 1.87. The molecule has 1 aliphatic rings. The quantitative estimate of drug-likeness (QED) is 0.628. The molecular formula is C8H15NO. The number of hydrogen-bond acceptors (Lipinski definition) is 2. The van der Waals surface area contributed by atoms with Crippen LogP contribution in [0.1, 0.15) is 19.8 Å². The van der Waals surface area contributed by atoms with E-state index in [0.717, 1.165) is 12.3 Å². The number of carbonyl (C=O) groups is 1. The Labute approximate surface area is 62.0 Å². The second-order valence-corrected chi connectivity index (χ2v) is 3.25. The van der Waals surface area contributed by atoms with E-state index in [4.69, 9.17) is 0 Å². The molecule has 0 radical (unpaired) electrons. The summed E-state index contributed by atoms with van der Waals surface area (Å²) in [4.78, 5) is 11.0.